The number of rotatable bonds is 4. The van der Waals surface area contributed by atoms with Crippen LogP contribution in [0.2, 0.25) is 0 Å². The largest absolute Gasteiger partial charge is 0.456 e. The average Bonchev–Trinajstić information content (AvgIpc) is 3.99. The molecule has 0 atom stereocenters. The maximum atomic E-state index is 6.60. The van der Waals surface area contributed by atoms with E-state index in [4.69, 9.17) is 4.42 Å². The van der Waals surface area contributed by atoms with Crippen LogP contribution in [0.25, 0.3) is 66.4 Å². The number of hydrogen-bond acceptors (Lipinski definition) is 2. The Kier molecular flexibility index (Phi) is 6.74. The highest BCUT2D eigenvalue weighted by atomic mass is 16.3. The minimum atomic E-state index is -0.468. The third kappa shape index (κ3) is 4.22. The molecule has 0 saturated heterocycles. The van der Waals surface area contributed by atoms with E-state index in [1.807, 2.05) is 0 Å². The lowest BCUT2D eigenvalue weighted by Crippen LogP contribution is -2.26. The predicted octanol–water partition coefficient (Wildman–Crippen LogP) is 15.4. The molecule has 1 aromatic heterocycles. The number of nitrogens with zero attached hydrogens (tertiary/aromatic N) is 1. The van der Waals surface area contributed by atoms with E-state index >= 15 is 0 Å². The lowest BCUT2D eigenvalue weighted by molar-refractivity contribution is 0.660. The number of furan rings is 1. The van der Waals surface area contributed by atoms with E-state index in [-0.39, 0.29) is 5.41 Å². The molecular formula is C58H39NO. The maximum absolute atomic E-state index is 6.60. The molecule has 0 saturated carbocycles. The van der Waals surface area contributed by atoms with Gasteiger partial charge >= 0.3 is 0 Å². The minimum absolute atomic E-state index is 0.116. The number of benzene rings is 9. The SMILES string of the molecule is CC1(C)c2ccccc2-c2c(-c3ccccc3N(c3ccc4c(c3)C3(c5ccccc5-c5ccccc53)c3ccccc3-4)c3cccc4oc5ccccc5c34)cccc21. The Morgan fingerprint density at radius 2 is 0.867 bits per heavy atom. The van der Waals surface area contributed by atoms with Gasteiger partial charge < -0.3 is 9.32 Å². The molecule has 0 bridgehead atoms. The van der Waals surface area contributed by atoms with E-state index in [2.05, 4.69) is 219 Å². The Balaban J connectivity index is 1.13. The van der Waals surface area contributed by atoms with Gasteiger partial charge in [0, 0.05) is 22.1 Å². The third-order valence-electron chi connectivity index (χ3n) is 13.9. The third-order valence-corrected chi connectivity index (χ3v) is 13.9. The van der Waals surface area contributed by atoms with Crippen molar-refractivity contribution in [1.82, 2.24) is 0 Å². The Morgan fingerprint density at radius 1 is 0.367 bits per heavy atom. The molecule has 0 aliphatic heterocycles. The Hall–Kier alpha value is -7.42. The highest BCUT2D eigenvalue weighted by Gasteiger charge is 2.51. The number of fused-ring (bicyclic) bond motifs is 16. The second kappa shape index (κ2) is 12.1. The van der Waals surface area contributed by atoms with Crippen LogP contribution in [0.1, 0.15) is 47.2 Å². The molecule has 0 radical (unpaired) electrons. The van der Waals surface area contributed by atoms with E-state index in [1.165, 1.54) is 77.9 Å². The van der Waals surface area contributed by atoms with Gasteiger partial charge in [-0.15, -0.1) is 0 Å². The Morgan fingerprint density at radius 3 is 1.58 bits per heavy atom. The normalized spacial score (nSPS) is 14.4. The molecule has 0 fully saturated rings. The van der Waals surface area contributed by atoms with Crippen molar-refractivity contribution in [3.05, 3.63) is 234 Å². The summed E-state index contributed by atoms with van der Waals surface area (Å²) in [5.74, 6) is 0. The summed E-state index contributed by atoms with van der Waals surface area (Å²) >= 11 is 0. The van der Waals surface area contributed by atoms with E-state index < -0.39 is 5.41 Å². The van der Waals surface area contributed by atoms with Crippen molar-refractivity contribution in [2.45, 2.75) is 24.7 Å². The lowest BCUT2D eigenvalue weighted by atomic mass is 9.70. The van der Waals surface area contributed by atoms with E-state index in [0.717, 1.165) is 39.0 Å². The fraction of sp³-hybridized carbons (Fsp3) is 0.0690. The minimum Gasteiger partial charge on any atom is -0.456 e. The number of hydrogen-bond donors (Lipinski definition) is 0. The van der Waals surface area contributed by atoms with Crippen LogP contribution in [-0.4, -0.2) is 0 Å². The fourth-order valence-electron chi connectivity index (χ4n) is 11.4. The van der Waals surface area contributed by atoms with Gasteiger partial charge in [0.05, 0.1) is 22.2 Å². The van der Waals surface area contributed by atoms with Crippen LogP contribution in [0.4, 0.5) is 17.1 Å². The van der Waals surface area contributed by atoms with Crippen LogP contribution < -0.4 is 4.90 Å². The van der Waals surface area contributed by atoms with Crippen molar-refractivity contribution in [3.8, 4) is 44.5 Å². The molecule has 3 aliphatic carbocycles. The highest BCUT2D eigenvalue weighted by Crippen LogP contribution is 2.64. The zero-order valence-electron chi connectivity index (χ0n) is 33.4. The number of para-hydroxylation sites is 2. The van der Waals surface area contributed by atoms with Gasteiger partial charge in [0.2, 0.25) is 0 Å². The van der Waals surface area contributed by atoms with Gasteiger partial charge in [-0.3, -0.25) is 0 Å². The van der Waals surface area contributed by atoms with E-state index in [9.17, 15) is 0 Å². The first-order valence-corrected chi connectivity index (χ1v) is 21.0. The molecule has 2 nitrogen and oxygen atoms in total. The van der Waals surface area contributed by atoms with Gasteiger partial charge in [0.1, 0.15) is 11.2 Å². The van der Waals surface area contributed by atoms with E-state index in [1.54, 1.807) is 0 Å². The molecule has 1 heterocycles. The smallest absolute Gasteiger partial charge is 0.137 e. The Labute approximate surface area is 349 Å². The van der Waals surface area contributed by atoms with Gasteiger partial charge in [0.25, 0.3) is 0 Å². The van der Waals surface area contributed by atoms with Crippen LogP contribution in [0.3, 0.4) is 0 Å². The summed E-state index contributed by atoms with van der Waals surface area (Å²) in [5.41, 5.74) is 22.8. The molecule has 60 heavy (non-hydrogen) atoms. The van der Waals surface area contributed by atoms with Crippen LogP contribution in [0.5, 0.6) is 0 Å². The van der Waals surface area contributed by atoms with E-state index in [0.29, 0.717) is 0 Å². The first-order chi connectivity index (χ1) is 29.5. The monoisotopic (exact) mass is 765 g/mol. The number of anilines is 3. The van der Waals surface area contributed by atoms with Crippen molar-refractivity contribution < 1.29 is 4.42 Å². The first-order valence-electron chi connectivity index (χ1n) is 21.0. The molecule has 9 aromatic carbocycles. The second-order valence-electron chi connectivity index (χ2n) is 17.1. The highest BCUT2D eigenvalue weighted by molar-refractivity contribution is 6.14. The zero-order valence-corrected chi connectivity index (χ0v) is 33.4. The molecule has 0 N–H and O–H groups in total. The maximum Gasteiger partial charge on any atom is 0.137 e. The summed E-state index contributed by atoms with van der Waals surface area (Å²) in [4.78, 5) is 2.51. The summed E-state index contributed by atoms with van der Waals surface area (Å²) in [6, 6.07) is 74.2. The average molecular weight is 766 g/mol. The summed E-state index contributed by atoms with van der Waals surface area (Å²) in [7, 11) is 0. The van der Waals surface area contributed by atoms with Gasteiger partial charge in [-0.05, 0) is 109 Å². The van der Waals surface area contributed by atoms with Crippen LogP contribution in [-0.2, 0) is 10.8 Å². The van der Waals surface area contributed by atoms with Crippen LogP contribution in [0.15, 0.2) is 205 Å². The summed E-state index contributed by atoms with van der Waals surface area (Å²) in [6.07, 6.45) is 0. The van der Waals surface area contributed by atoms with Crippen molar-refractivity contribution in [2.24, 2.45) is 0 Å². The molecule has 10 aromatic rings. The van der Waals surface area contributed by atoms with Crippen molar-refractivity contribution in [1.29, 1.82) is 0 Å². The first kappa shape index (κ1) is 33.5. The lowest BCUT2D eigenvalue weighted by Gasteiger charge is -2.33. The second-order valence-corrected chi connectivity index (χ2v) is 17.1. The molecule has 282 valence electrons. The van der Waals surface area contributed by atoms with Gasteiger partial charge in [-0.25, -0.2) is 0 Å². The quantitative estimate of drug-likeness (QED) is 0.177. The molecular weight excluding hydrogens is 727 g/mol. The van der Waals surface area contributed by atoms with Gasteiger partial charge in [-0.2, -0.15) is 0 Å². The predicted molar refractivity (Wildman–Crippen MR) is 248 cm³/mol. The molecule has 3 aliphatic rings. The summed E-state index contributed by atoms with van der Waals surface area (Å²) in [5, 5.41) is 2.20. The summed E-state index contributed by atoms with van der Waals surface area (Å²) < 4.78 is 6.60. The molecule has 0 amide bonds. The molecule has 0 unspecified atom stereocenters. The molecule has 13 rings (SSSR count). The standard InChI is InChI=1S/C58H39NO/c1-57(2)45-24-9-6-21-43(45)55-42(23-15-28-49(55)57)41-20-7-13-29-51(41)59(52-30-16-32-54-56(52)44-22-8-14-31-53(44)60-54)36-33-34-40-39-19-5-12-27-48(39)58(50(40)35-36)46-25-10-3-17-37(46)38-18-4-11-26-47(38)58/h3-35H,1-2H3. The van der Waals surface area contributed by atoms with Crippen molar-refractivity contribution >= 4 is 39.0 Å². The summed E-state index contributed by atoms with van der Waals surface area (Å²) in [6.45, 7) is 4.73. The topological polar surface area (TPSA) is 16.4 Å². The Bertz CT molecular complexity index is 3370. The van der Waals surface area contributed by atoms with Gasteiger partial charge in [-0.1, -0.05) is 178 Å². The van der Waals surface area contributed by atoms with Crippen molar-refractivity contribution in [3.63, 3.8) is 0 Å². The van der Waals surface area contributed by atoms with Crippen LogP contribution in [0, 0.1) is 0 Å². The molecule has 1 spiro atoms. The van der Waals surface area contributed by atoms with Gasteiger partial charge in [0.15, 0.2) is 0 Å². The fourth-order valence-corrected chi connectivity index (χ4v) is 11.4. The zero-order chi connectivity index (χ0) is 39.7. The van der Waals surface area contributed by atoms with Crippen molar-refractivity contribution in [2.75, 3.05) is 4.90 Å². The van der Waals surface area contributed by atoms with Crippen LogP contribution >= 0.6 is 0 Å². The molecule has 2 heteroatoms.